The second-order valence-electron chi connectivity index (χ2n) is 2.43. The Morgan fingerprint density at radius 2 is 2.20 bits per heavy atom. The number of methoxy groups -OCH3 is 1. The van der Waals surface area contributed by atoms with Crippen molar-refractivity contribution in [3.05, 3.63) is 28.3 Å². The number of nitro groups is 1. The smallest absolute Gasteiger partial charge is 0.493 e. The fourth-order valence-corrected chi connectivity index (χ4v) is 0.999. The van der Waals surface area contributed by atoms with Crippen LogP contribution in [0.5, 0.6) is 11.5 Å². The maximum absolute atomic E-state index is 10.5. The Balaban J connectivity index is 3.26. The largest absolute Gasteiger partial charge is 0.511 e. The molecule has 80 valence electrons. The summed E-state index contributed by atoms with van der Waals surface area (Å²) in [6.45, 7) is 0. The van der Waals surface area contributed by atoms with Gasteiger partial charge in [-0.25, -0.2) is 4.79 Å². The van der Waals surface area contributed by atoms with E-state index in [1.165, 1.54) is 19.2 Å². The van der Waals surface area contributed by atoms with Crippen LogP contribution >= 0.6 is 0 Å². The van der Waals surface area contributed by atoms with Crippen LogP contribution < -0.4 is 9.47 Å². The highest BCUT2D eigenvalue weighted by Crippen LogP contribution is 2.36. The van der Waals surface area contributed by atoms with Crippen LogP contribution in [0.1, 0.15) is 0 Å². The molecule has 0 spiro atoms. The fraction of sp³-hybridized carbons (Fsp3) is 0.125. The van der Waals surface area contributed by atoms with Crippen molar-refractivity contribution >= 4 is 11.8 Å². The SMILES string of the molecule is COc1cccc([N+](=O)[O-])c1OC(=O)O. The molecule has 0 amide bonds. The van der Waals surface area contributed by atoms with Gasteiger partial charge in [-0.15, -0.1) is 0 Å². The van der Waals surface area contributed by atoms with Crippen molar-refractivity contribution in [1.29, 1.82) is 0 Å². The topological polar surface area (TPSA) is 98.9 Å². The molecule has 0 saturated heterocycles. The first-order chi connectivity index (χ1) is 7.06. The highest BCUT2D eigenvalue weighted by molar-refractivity contribution is 5.67. The van der Waals surface area contributed by atoms with Crippen LogP contribution in [-0.4, -0.2) is 23.3 Å². The molecule has 0 saturated carbocycles. The summed E-state index contributed by atoms with van der Waals surface area (Å²) >= 11 is 0. The van der Waals surface area contributed by atoms with Gasteiger partial charge in [-0.3, -0.25) is 10.1 Å². The molecular formula is C8H7NO6. The van der Waals surface area contributed by atoms with Gasteiger partial charge in [0.25, 0.3) is 5.75 Å². The summed E-state index contributed by atoms with van der Waals surface area (Å²) in [5.41, 5.74) is -0.461. The van der Waals surface area contributed by atoms with E-state index in [2.05, 4.69) is 4.74 Å². The van der Waals surface area contributed by atoms with Crippen LogP contribution in [0.15, 0.2) is 18.2 Å². The van der Waals surface area contributed by atoms with Gasteiger partial charge in [-0.05, 0) is 6.07 Å². The van der Waals surface area contributed by atoms with Gasteiger partial charge in [0.15, 0.2) is 5.75 Å². The molecule has 0 aliphatic rings. The summed E-state index contributed by atoms with van der Waals surface area (Å²) in [7, 11) is 1.26. The van der Waals surface area contributed by atoms with Crippen molar-refractivity contribution in [2.75, 3.05) is 7.11 Å². The van der Waals surface area contributed by atoms with Crippen molar-refractivity contribution in [1.82, 2.24) is 0 Å². The van der Waals surface area contributed by atoms with E-state index < -0.39 is 22.5 Å². The average molecular weight is 213 g/mol. The molecule has 0 bridgehead atoms. The van der Waals surface area contributed by atoms with Crippen molar-refractivity contribution < 1.29 is 24.3 Å². The molecule has 0 atom stereocenters. The molecule has 1 rings (SSSR count). The highest BCUT2D eigenvalue weighted by Gasteiger charge is 2.22. The van der Waals surface area contributed by atoms with Crippen LogP contribution in [0, 0.1) is 10.1 Å². The standard InChI is InChI=1S/C8H7NO6/c1-14-6-4-2-3-5(9(12)13)7(6)15-8(10)11/h2-4H,1H3,(H,10,11). The molecule has 1 aromatic rings. The fourth-order valence-electron chi connectivity index (χ4n) is 0.999. The lowest BCUT2D eigenvalue weighted by molar-refractivity contribution is -0.385. The van der Waals surface area contributed by atoms with E-state index in [9.17, 15) is 14.9 Å². The van der Waals surface area contributed by atoms with Crippen LogP contribution in [0.25, 0.3) is 0 Å². The molecule has 0 fully saturated rings. The summed E-state index contributed by atoms with van der Waals surface area (Å²) in [4.78, 5) is 20.1. The van der Waals surface area contributed by atoms with E-state index in [4.69, 9.17) is 9.84 Å². The van der Waals surface area contributed by atoms with Gasteiger partial charge < -0.3 is 14.6 Å². The van der Waals surface area contributed by atoms with Gasteiger partial charge in [0.1, 0.15) is 0 Å². The Morgan fingerprint density at radius 1 is 1.53 bits per heavy atom. The normalized spacial score (nSPS) is 9.40. The molecule has 0 radical (unpaired) electrons. The zero-order chi connectivity index (χ0) is 11.4. The van der Waals surface area contributed by atoms with E-state index in [0.29, 0.717) is 0 Å². The van der Waals surface area contributed by atoms with Gasteiger partial charge in [-0.1, -0.05) is 6.07 Å². The van der Waals surface area contributed by atoms with Crippen LogP contribution in [0.2, 0.25) is 0 Å². The maximum Gasteiger partial charge on any atom is 0.511 e. The van der Waals surface area contributed by atoms with E-state index >= 15 is 0 Å². The predicted octanol–water partition coefficient (Wildman–Crippen LogP) is 1.66. The minimum Gasteiger partial charge on any atom is -0.493 e. The monoisotopic (exact) mass is 213 g/mol. The Bertz CT molecular complexity index is 402. The molecule has 1 aromatic carbocycles. The first-order valence-corrected chi connectivity index (χ1v) is 3.78. The number of hydrogen-bond acceptors (Lipinski definition) is 5. The van der Waals surface area contributed by atoms with Gasteiger partial charge >= 0.3 is 11.8 Å². The molecule has 0 heterocycles. The van der Waals surface area contributed by atoms with Gasteiger partial charge in [0.2, 0.25) is 0 Å². The Kier molecular flexibility index (Phi) is 3.06. The summed E-state index contributed by atoms with van der Waals surface area (Å²) < 4.78 is 9.02. The van der Waals surface area contributed by atoms with Crippen molar-refractivity contribution in [3.63, 3.8) is 0 Å². The quantitative estimate of drug-likeness (QED) is 0.354. The highest BCUT2D eigenvalue weighted by atomic mass is 16.7. The number of ether oxygens (including phenoxy) is 2. The molecular weight excluding hydrogens is 206 g/mol. The van der Waals surface area contributed by atoms with E-state index in [1.54, 1.807) is 0 Å². The molecule has 1 N–H and O–H groups in total. The number of nitrogens with zero attached hydrogens (tertiary/aromatic N) is 1. The number of hydrogen-bond donors (Lipinski definition) is 1. The first-order valence-electron chi connectivity index (χ1n) is 3.78. The van der Waals surface area contributed by atoms with Crippen LogP contribution in [0.3, 0.4) is 0 Å². The molecule has 0 aliphatic carbocycles. The first kappa shape index (κ1) is 10.8. The predicted molar refractivity (Wildman–Crippen MR) is 48.3 cm³/mol. The average Bonchev–Trinajstić information content (AvgIpc) is 2.16. The van der Waals surface area contributed by atoms with Crippen molar-refractivity contribution in [2.45, 2.75) is 0 Å². The zero-order valence-corrected chi connectivity index (χ0v) is 7.67. The number of nitro benzene ring substituents is 1. The lowest BCUT2D eigenvalue weighted by atomic mass is 10.3. The van der Waals surface area contributed by atoms with Crippen molar-refractivity contribution in [2.24, 2.45) is 0 Å². The van der Waals surface area contributed by atoms with Crippen LogP contribution in [-0.2, 0) is 0 Å². The third kappa shape index (κ3) is 2.33. The lowest BCUT2D eigenvalue weighted by Gasteiger charge is -2.06. The summed E-state index contributed by atoms with van der Waals surface area (Å²) in [5, 5.41) is 18.9. The van der Waals surface area contributed by atoms with Gasteiger partial charge in [0.05, 0.1) is 12.0 Å². The lowest BCUT2D eigenvalue weighted by Crippen LogP contribution is -2.06. The molecule has 0 unspecified atom stereocenters. The van der Waals surface area contributed by atoms with E-state index in [0.717, 1.165) is 6.07 Å². The van der Waals surface area contributed by atoms with E-state index in [-0.39, 0.29) is 5.75 Å². The Morgan fingerprint density at radius 3 is 2.67 bits per heavy atom. The molecule has 15 heavy (non-hydrogen) atoms. The molecule has 7 heteroatoms. The molecule has 0 aromatic heterocycles. The number of carbonyl (C=O) groups is 1. The zero-order valence-electron chi connectivity index (χ0n) is 7.67. The van der Waals surface area contributed by atoms with Crippen molar-refractivity contribution in [3.8, 4) is 11.5 Å². The second-order valence-corrected chi connectivity index (χ2v) is 2.43. The molecule has 7 nitrogen and oxygen atoms in total. The molecule has 0 aliphatic heterocycles. The van der Waals surface area contributed by atoms with Gasteiger partial charge in [-0.2, -0.15) is 0 Å². The third-order valence-electron chi connectivity index (χ3n) is 1.56. The summed E-state index contributed by atoms with van der Waals surface area (Å²) in [5.74, 6) is -0.427. The number of para-hydroxylation sites is 1. The third-order valence-corrected chi connectivity index (χ3v) is 1.56. The Hall–Kier alpha value is -2.31. The summed E-state index contributed by atoms with van der Waals surface area (Å²) in [6.07, 6.45) is -1.64. The minimum atomic E-state index is -1.64. The maximum atomic E-state index is 10.5. The number of benzene rings is 1. The summed E-state index contributed by atoms with van der Waals surface area (Å²) in [6, 6.07) is 3.86. The van der Waals surface area contributed by atoms with E-state index in [1.807, 2.05) is 0 Å². The minimum absolute atomic E-state index is 0.00778. The Labute approximate surface area is 84.0 Å². The van der Waals surface area contributed by atoms with Crippen LogP contribution in [0.4, 0.5) is 10.5 Å². The van der Waals surface area contributed by atoms with Gasteiger partial charge in [0, 0.05) is 6.07 Å². The number of rotatable bonds is 3. The second kappa shape index (κ2) is 4.27. The number of carboxylic acid groups (broad SMARTS) is 1.